The van der Waals surface area contributed by atoms with E-state index in [9.17, 15) is 18.3 Å². The molecule has 1 aromatic rings. The molecule has 1 fully saturated rings. The van der Waals surface area contributed by atoms with Crippen LogP contribution in [0.5, 0.6) is 0 Å². The largest absolute Gasteiger partial charge is 0.481 e. The molecule has 0 aliphatic carbocycles. The number of thiophene rings is 1. The van der Waals surface area contributed by atoms with Crippen LogP contribution in [0.15, 0.2) is 18.5 Å². The van der Waals surface area contributed by atoms with Crippen LogP contribution in [0.4, 0.5) is 0 Å². The summed E-state index contributed by atoms with van der Waals surface area (Å²) in [4.78, 5) is 11.4. The third-order valence-electron chi connectivity index (χ3n) is 3.59. The quantitative estimate of drug-likeness (QED) is 0.773. The number of rotatable bonds is 3. The SMILES string of the molecule is CC1(C(=O)O)CCN(S(=O)(=O)c2cc(Br)sc2Br)CC1. The van der Waals surface area contributed by atoms with Crippen LogP contribution in [0.1, 0.15) is 19.8 Å². The van der Waals surface area contributed by atoms with Crippen LogP contribution in [0, 0.1) is 5.41 Å². The Hall–Kier alpha value is 0.0400. The van der Waals surface area contributed by atoms with Crippen molar-refractivity contribution in [2.24, 2.45) is 5.41 Å². The molecular weight excluding hydrogens is 434 g/mol. The Kier molecular flexibility index (Phi) is 4.66. The van der Waals surface area contributed by atoms with Gasteiger partial charge in [0.1, 0.15) is 4.90 Å². The third-order valence-corrected chi connectivity index (χ3v) is 8.24. The molecule has 2 rings (SSSR count). The van der Waals surface area contributed by atoms with Crippen LogP contribution in [0.2, 0.25) is 0 Å². The van der Waals surface area contributed by atoms with E-state index in [0.29, 0.717) is 16.6 Å². The van der Waals surface area contributed by atoms with Crippen molar-refractivity contribution in [1.29, 1.82) is 0 Å². The van der Waals surface area contributed by atoms with E-state index in [1.165, 1.54) is 15.6 Å². The van der Waals surface area contributed by atoms with E-state index in [2.05, 4.69) is 31.9 Å². The van der Waals surface area contributed by atoms with E-state index in [4.69, 9.17) is 0 Å². The van der Waals surface area contributed by atoms with Gasteiger partial charge in [0, 0.05) is 13.1 Å². The van der Waals surface area contributed by atoms with Crippen LogP contribution < -0.4 is 0 Å². The highest BCUT2D eigenvalue weighted by Crippen LogP contribution is 2.39. The van der Waals surface area contributed by atoms with Crippen molar-refractivity contribution in [2.45, 2.75) is 24.7 Å². The molecule has 0 spiro atoms. The van der Waals surface area contributed by atoms with Crippen LogP contribution in [-0.2, 0) is 14.8 Å². The summed E-state index contributed by atoms with van der Waals surface area (Å²) in [5.41, 5.74) is -0.835. The molecule has 0 amide bonds. The van der Waals surface area contributed by atoms with Gasteiger partial charge in [-0.15, -0.1) is 11.3 Å². The highest BCUT2D eigenvalue weighted by Gasteiger charge is 2.40. The zero-order valence-corrected chi connectivity index (χ0v) is 15.4. The van der Waals surface area contributed by atoms with Gasteiger partial charge < -0.3 is 5.11 Å². The summed E-state index contributed by atoms with van der Waals surface area (Å²) in [6.07, 6.45) is 0.648. The minimum Gasteiger partial charge on any atom is -0.481 e. The van der Waals surface area contributed by atoms with Gasteiger partial charge in [0.25, 0.3) is 0 Å². The molecule has 1 aromatic heterocycles. The van der Waals surface area contributed by atoms with Gasteiger partial charge in [-0.2, -0.15) is 4.31 Å². The standard InChI is InChI=1S/C11H13Br2NO4S2/c1-11(10(15)16)2-4-14(5-3-11)20(17,18)7-6-8(12)19-9(7)13/h6H,2-5H2,1H3,(H,15,16). The molecule has 1 aliphatic rings. The second-order valence-corrected chi connectivity index (χ2v) is 10.6. The zero-order chi connectivity index (χ0) is 15.1. The van der Waals surface area contributed by atoms with Crippen molar-refractivity contribution in [3.05, 3.63) is 13.6 Å². The number of hydrogen-bond donors (Lipinski definition) is 1. The number of hydrogen-bond acceptors (Lipinski definition) is 4. The molecule has 0 unspecified atom stereocenters. The smallest absolute Gasteiger partial charge is 0.309 e. The topological polar surface area (TPSA) is 74.7 Å². The number of carboxylic acid groups (broad SMARTS) is 1. The van der Waals surface area contributed by atoms with Crippen LogP contribution in [0.3, 0.4) is 0 Å². The van der Waals surface area contributed by atoms with Crippen LogP contribution in [0.25, 0.3) is 0 Å². The molecule has 5 nitrogen and oxygen atoms in total. The van der Waals surface area contributed by atoms with Crippen LogP contribution in [-0.4, -0.2) is 36.9 Å². The first-order valence-corrected chi connectivity index (χ1v) is 9.69. The molecule has 20 heavy (non-hydrogen) atoms. The number of sulfonamides is 1. The first kappa shape index (κ1) is 16.4. The molecule has 9 heteroatoms. The predicted molar refractivity (Wildman–Crippen MR) is 83.5 cm³/mol. The zero-order valence-electron chi connectivity index (χ0n) is 10.6. The molecule has 0 atom stereocenters. The van der Waals surface area contributed by atoms with Crippen LogP contribution >= 0.6 is 43.2 Å². The summed E-state index contributed by atoms with van der Waals surface area (Å²) in [6, 6.07) is 1.56. The Bertz CT molecular complexity index is 633. The summed E-state index contributed by atoms with van der Waals surface area (Å²) >= 11 is 7.82. The molecule has 1 aliphatic heterocycles. The normalized spacial score (nSPS) is 19.9. The Labute approximate surface area is 138 Å². The fourth-order valence-electron chi connectivity index (χ4n) is 2.07. The fourth-order valence-corrected chi connectivity index (χ4v) is 7.28. The van der Waals surface area contributed by atoms with Gasteiger partial charge in [-0.05, 0) is 57.7 Å². The minimum atomic E-state index is -3.57. The molecule has 0 radical (unpaired) electrons. The average Bonchev–Trinajstić information content (AvgIpc) is 2.69. The first-order valence-electron chi connectivity index (χ1n) is 5.85. The highest BCUT2D eigenvalue weighted by molar-refractivity contribution is 9.12. The van der Waals surface area contributed by atoms with E-state index < -0.39 is 21.4 Å². The maximum Gasteiger partial charge on any atom is 0.309 e. The van der Waals surface area contributed by atoms with Crippen molar-refractivity contribution in [2.75, 3.05) is 13.1 Å². The van der Waals surface area contributed by atoms with Crippen molar-refractivity contribution >= 4 is 59.2 Å². The summed E-state index contributed by atoms with van der Waals surface area (Å²) in [5, 5.41) is 9.17. The molecular formula is C11H13Br2NO4S2. The Morgan fingerprint density at radius 2 is 1.95 bits per heavy atom. The number of piperidine rings is 1. The van der Waals surface area contributed by atoms with Gasteiger partial charge in [0.05, 0.1) is 13.0 Å². The van der Waals surface area contributed by atoms with Gasteiger partial charge in [-0.1, -0.05) is 0 Å². The van der Waals surface area contributed by atoms with Gasteiger partial charge in [0.15, 0.2) is 0 Å². The van der Waals surface area contributed by atoms with E-state index >= 15 is 0 Å². The Balaban J connectivity index is 2.22. The minimum absolute atomic E-state index is 0.227. The molecule has 1 N–H and O–H groups in total. The number of aliphatic carboxylic acids is 1. The van der Waals surface area contributed by atoms with Gasteiger partial charge in [-0.3, -0.25) is 4.79 Å². The van der Waals surface area contributed by atoms with Crippen molar-refractivity contribution < 1.29 is 18.3 Å². The lowest BCUT2D eigenvalue weighted by molar-refractivity contribution is -0.150. The number of carbonyl (C=O) groups is 1. The second-order valence-electron chi connectivity index (χ2n) is 4.96. The molecule has 1 saturated heterocycles. The summed E-state index contributed by atoms with van der Waals surface area (Å²) in [7, 11) is -3.57. The highest BCUT2D eigenvalue weighted by atomic mass is 79.9. The summed E-state index contributed by atoms with van der Waals surface area (Å²) in [6.45, 7) is 2.12. The lowest BCUT2D eigenvalue weighted by Gasteiger charge is -2.35. The lowest BCUT2D eigenvalue weighted by Crippen LogP contribution is -2.45. The maximum absolute atomic E-state index is 12.5. The lowest BCUT2D eigenvalue weighted by atomic mass is 9.81. The molecule has 0 aromatic carbocycles. The van der Waals surface area contributed by atoms with Crippen molar-refractivity contribution in [3.8, 4) is 0 Å². The number of halogens is 2. The third kappa shape index (κ3) is 2.96. The van der Waals surface area contributed by atoms with Gasteiger partial charge in [-0.25, -0.2) is 8.42 Å². The summed E-state index contributed by atoms with van der Waals surface area (Å²) in [5.74, 6) is -0.867. The Morgan fingerprint density at radius 1 is 1.40 bits per heavy atom. The molecule has 2 heterocycles. The van der Waals surface area contributed by atoms with Gasteiger partial charge >= 0.3 is 5.97 Å². The summed E-state index contributed by atoms with van der Waals surface area (Å²) < 4.78 is 27.7. The fraction of sp³-hybridized carbons (Fsp3) is 0.545. The van der Waals surface area contributed by atoms with E-state index in [-0.39, 0.29) is 18.0 Å². The number of carboxylic acids is 1. The molecule has 0 saturated carbocycles. The molecule has 112 valence electrons. The second kappa shape index (κ2) is 5.68. The van der Waals surface area contributed by atoms with Gasteiger partial charge in [0.2, 0.25) is 10.0 Å². The Morgan fingerprint density at radius 3 is 2.35 bits per heavy atom. The average molecular weight is 447 g/mol. The predicted octanol–water partition coefficient (Wildman–Crippen LogP) is 3.15. The first-order chi connectivity index (χ1) is 9.17. The van der Waals surface area contributed by atoms with E-state index in [0.717, 1.165) is 3.79 Å². The van der Waals surface area contributed by atoms with E-state index in [1.807, 2.05) is 0 Å². The van der Waals surface area contributed by atoms with Crippen molar-refractivity contribution in [3.63, 3.8) is 0 Å². The maximum atomic E-state index is 12.5. The van der Waals surface area contributed by atoms with Crippen molar-refractivity contribution in [1.82, 2.24) is 4.31 Å². The molecule has 0 bridgehead atoms. The monoisotopic (exact) mass is 445 g/mol. The van der Waals surface area contributed by atoms with E-state index in [1.54, 1.807) is 13.0 Å². The number of nitrogens with zero attached hydrogens (tertiary/aromatic N) is 1.